The van der Waals surface area contributed by atoms with Crippen molar-refractivity contribution in [1.82, 2.24) is 4.90 Å². The summed E-state index contributed by atoms with van der Waals surface area (Å²) in [5, 5.41) is 10.3. The average Bonchev–Trinajstić information content (AvgIpc) is 2.13. The van der Waals surface area contributed by atoms with Crippen molar-refractivity contribution in [2.45, 2.75) is 13.3 Å². The van der Waals surface area contributed by atoms with E-state index in [9.17, 15) is 14.5 Å². The van der Waals surface area contributed by atoms with E-state index in [2.05, 4.69) is 6.58 Å². The van der Waals surface area contributed by atoms with Gasteiger partial charge in [-0.15, -0.1) is 6.58 Å². The zero-order valence-corrected chi connectivity index (χ0v) is 13.7. The summed E-state index contributed by atoms with van der Waals surface area (Å²) < 4.78 is 17.0. The number of hydrogen-bond acceptors (Lipinski definition) is 5. The van der Waals surface area contributed by atoms with E-state index in [1.54, 1.807) is 24.6 Å². The number of nitrogens with zero attached hydrogens (tertiary/aromatic N) is 1. The van der Waals surface area contributed by atoms with Gasteiger partial charge in [0.15, 0.2) is 0 Å². The fourth-order valence-corrected chi connectivity index (χ4v) is 2.94. The Kier molecular flexibility index (Phi) is 11.9. The predicted molar refractivity (Wildman–Crippen MR) is 61.4 cm³/mol. The van der Waals surface area contributed by atoms with Crippen molar-refractivity contribution in [1.29, 1.82) is 0 Å². The molecule has 0 aromatic carbocycles. The van der Waals surface area contributed by atoms with Crippen molar-refractivity contribution in [2.24, 2.45) is 0 Å². The molecule has 7 heteroatoms. The van der Waals surface area contributed by atoms with E-state index in [0.717, 1.165) is 0 Å². The van der Waals surface area contributed by atoms with E-state index in [1.807, 2.05) is 0 Å². The molecule has 94 valence electrons. The van der Waals surface area contributed by atoms with Crippen molar-refractivity contribution in [3.05, 3.63) is 12.7 Å². The van der Waals surface area contributed by atoms with E-state index in [0.29, 0.717) is 19.7 Å². The molecule has 0 N–H and O–H groups in total. The van der Waals surface area contributed by atoms with Crippen LogP contribution in [-0.4, -0.2) is 43.5 Å². The molecule has 5 nitrogen and oxygen atoms in total. The molecule has 0 bridgehead atoms. The number of carbonyl (C=O) groups excluding carboxylic acids is 1. The van der Waals surface area contributed by atoms with Gasteiger partial charge in [0, 0.05) is 25.7 Å². The number of hydrogen-bond donors (Lipinski definition) is 0. The first-order chi connectivity index (χ1) is 7.41. The summed E-state index contributed by atoms with van der Waals surface area (Å²) in [7, 11) is -2.67. The van der Waals surface area contributed by atoms with Crippen molar-refractivity contribution >= 4 is 13.3 Å². The van der Waals surface area contributed by atoms with Gasteiger partial charge >= 0.3 is 29.6 Å². The van der Waals surface area contributed by atoms with Gasteiger partial charge in [-0.2, -0.15) is 0 Å². The van der Waals surface area contributed by atoms with E-state index in [-0.39, 0.29) is 42.3 Å². The second-order valence-corrected chi connectivity index (χ2v) is 6.13. The van der Waals surface area contributed by atoms with Crippen LogP contribution in [0.25, 0.3) is 0 Å². The largest absolute Gasteiger partial charge is 1.00 e. The Hall–Kier alpha value is 0.360. The van der Waals surface area contributed by atoms with Crippen LogP contribution in [0.4, 0.5) is 0 Å². The maximum atomic E-state index is 11.9. The maximum absolute atomic E-state index is 11.9. The first kappa shape index (κ1) is 19.7. The summed E-state index contributed by atoms with van der Waals surface area (Å²) in [6, 6.07) is 0. The monoisotopic (exact) mass is 271 g/mol. The Balaban J connectivity index is 0. The third kappa shape index (κ3) is 11.2. The van der Waals surface area contributed by atoms with Crippen LogP contribution in [0.2, 0.25) is 0 Å². The summed E-state index contributed by atoms with van der Waals surface area (Å²) >= 11 is 0. The summed E-state index contributed by atoms with van der Waals surface area (Å²) in [5.41, 5.74) is 0. The van der Waals surface area contributed by atoms with Gasteiger partial charge in [-0.05, 0) is 13.3 Å². The number of aliphatic carboxylic acids is 1. The SMILES string of the molecule is C=CCN(CCC(=O)[O-])CP(C)(=O)OCC.[Na+]. The maximum Gasteiger partial charge on any atom is 1.00 e. The molecular weight excluding hydrogens is 252 g/mol. The normalized spacial score (nSPS) is 13.8. The number of carboxylic acids is 1. The van der Waals surface area contributed by atoms with Crippen LogP contribution >= 0.6 is 7.37 Å². The van der Waals surface area contributed by atoms with Crippen molar-refractivity contribution in [2.75, 3.05) is 32.6 Å². The molecule has 0 heterocycles. The Morgan fingerprint density at radius 2 is 2.18 bits per heavy atom. The van der Waals surface area contributed by atoms with Crippen LogP contribution in [0.15, 0.2) is 12.7 Å². The molecule has 0 fully saturated rings. The molecule has 1 atom stereocenters. The van der Waals surface area contributed by atoms with Gasteiger partial charge in [-0.1, -0.05) is 6.08 Å². The summed E-state index contributed by atoms with van der Waals surface area (Å²) in [6.45, 7) is 8.05. The average molecular weight is 271 g/mol. The summed E-state index contributed by atoms with van der Waals surface area (Å²) in [5.74, 6) is -1.11. The van der Waals surface area contributed by atoms with Crippen LogP contribution < -0.4 is 34.7 Å². The molecule has 0 saturated carbocycles. The molecule has 0 aliphatic rings. The topological polar surface area (TPSA) is 69.7 Å². The second kappa shape index (κ2) is 10.3. The minimum atomic E-state index is -2.67. The second-order valence-electron chi connectivity index (χ2n) is 3.56. The van der Waals surface area contributed by atoms with Crippen LogP contribution in [0.5, 0.6) is 0 Å². The fourth-order valence-electron chi connectivity index (χ4n) is 1.33. The van der Waals surface area contributed by atoms with Crippen molar-refractivity contribution in [3.8, 4) is 0 Å². The van der Waals surface area contributed by atoms with E-state index < -0.39 is 13.3 Å². The molecule has 0 saturated heterocycles. The molecule has 0 rings (SSSR count). The zero-order valence-electron chi connectivity index (χ0n) is 10.8. The van der Waals surface area contributed by atoms with Gasteiger partial charge in [0.25, 0.3) is 0 Å². The molecule has 0 aromatic heterocycles. The van der Waals surface area contributed by atoms with Crippen molar-refractivity contribution < 1.29 is 48.5 Å². The first-order valence-electron chi connectivity index (χ1n) is 5.15. The third-order valence-corrected chi connectivity index (χ3v) is 3.60. The van der Waals surface area contributed by atoms with Crippen LogP contribution in [0.3, 0.4) is 0 Å². The Morgan fingerprint density at radius 1 is 1.59 bits per heavy atom. The molecular formula is C10H19NNaO4P. The standard InChI is InChI=1S/C10H20NO4P.Na/c1-4-7-11(8-6-10(12)13)9-16(3,14)15-5-2;/h4H,1,5-9H2,2-3H3,(H,12,13);/q;+1/p-1. The van der Waals surface area contributed by atoms with Crippen molar-refractivity contribution in [3.63, 3.8) is 0 Å². The Bertz CT molecular complexity index is 285. The van der Waals surface area contributed by atoms with Gasteiger partial charge in [0.05, 0.1) is 12.9 Å². The van der Waals surface area contributed by atoms with E-state index >= 15 is 0 Å². The van der Waals surface area contributed by atoms with Crippen LogP contribution in [0, 0.1) is 0 Å². The minimum Gasteiger partial charge on any atom is -0.550 e. The molecule has 0 aromatic rings. The molecule has 0 spiro atoms. The summed E-state index contributed by atoms with van der Waals surface area (Å²) in [6.07, 6.45) is 1.79. The molecule has 17 heavy (non-hydrogen) atoms. The molecule has 0 radical (unpaired) electrons. The Morgan fingerprint density at radius 3 is 2.59 bits per heavy atom. The number of carbonyl (C=O) groups is 1. The van der Waals surface area contributed by atoms with Gasteiger partial charge < -0.3 is 14.4 Å². The van der Waals surface area contributed by atoms with Gasteiger partial charge in [-0.25, -0.2) is 0 Å². The predicted octanol–water partition coefficient (Wildman–Crippen LogP) is -2.48. The first-order valence-corrected chi connectivity index (χ1v) is 7.41. The Labute approximate surface area is 125 Å². The molecule has 0 aliphatic carbocycles. The van der Waals surface area contributed by atoms with Crippen LogP contribution in [0.1, 0.15) is 13.3 Å². The van der Waals surface area contributed by atoms with Gasteiger partial charge in [-0.3, -0.25) is 9.46 Å². The van der Waals surface area contributed by atoms with Gasteiger partial charge in [0.2, 0.25) is 7.37 Å². The van der Waals surface area contributed by atoms with E-state index in [1.165, 1.54) is 0 Å². The zero-order chi connectivity index (χ0) is 12.6. The number of carboxylic acid groups (broad SMARTS) is 1. The van der Waals surface area contributed by atoms with Gasteiger partial charge in [0.1, 0.15) is 0 Å². The number of rotatable bonds is 9. The fraction of sp³-hybridized carbons (Fsp3) is 0.700. The smallest absolute Gasteiger partial charge is 0.550 e. The molecule has 1 unspecified atom stereocenters. The third-order valence-electron chi connectivity index (χ3n) is 1.88. The molecule has 0 amide bonds. The quantitative estimate of drug-likeness (QED) is 0.264. The van der Waals surface area contributed by atoms with E-state index in [4.69, 9.17) is 4.52 Å². The summed E-state index contributed by atoms with van der Waals surface area (Å²) in [4.78, 5) is 12.1. The minimum absolute atomic E-state index is 0. The van der Waals surface area contributed by atoms with Crippen LogP contribution in [-0.2, 0) is 13.9 Å². The molecule has 0 aliphatic heterocycles.